The second-order valence-electron chi connectivity index (χ2n) is 6.13. The molecule has 5 nitrogen and oxygen atoms in total. The molecule has 0 atom stereocenters. The number of rotatable bonds is 4. The Hall–Kier alpha value is -2.38. The van der Waals surface area contributed by atoms with E-state index < -0.39 is 11.5 Å². The van der Waals surface area contributed by atoms with Crippen molar-refractivity contribution in [2.45, 2.75) is 6.42 Å². The van der Waals surface area contributed by atoms with Crippen molar-refractivity contribution >= 4 is 68.1 Å². The Morgan fingerprint density at radius 1 is 1.07 bits per heavy atom. The van der Waals surface area contributed by atoms with Gasteiger partial charge >= 0.3 is 5.63 Å². The summed E-state index contributed by atoms with van der Waals surface area (Å²) in [5.41, 5.74) is 0.341. The summed E-state index contributed by atoms with van der Waals surface area (Å²) in [5, 5.41) is 5.20. The number of nitrogens with zero attached hydrogens (tertiary/aromatic N) is 1. The fourth-order valence-electron chi connectivity index (χ4n) is 2.73. The topological polar surface area (TPSA) is 72.2 Å². The monoisotopic (exact) mass is 464 g/mol. The second-order valence-corrected chi connectivity index (χ2v) is 8.52. The summed E-state index contributed by atoms with van der Waals surface area (Å²) < 4.78 is 5.20. The van der Waals surface area contributed by atoms with Crippen LogP contribution in [0.4, 0.5) is 5.13 Å². The van der Waals surface area contributed by atoms with Gasteiger partial charge in [0.05, 0.1) is 0 Å². The molecule has 2 aromatic heterocycles. The number of amides is 1. The Labute approximate surface area is 183 Å². The van der Waals surface area contributed by atoms with Crippen molar-refractivity contribution in [2.75, 3.05) is 5.32 Å². The summed E-state index contributed by atoms with van der Waals surface area (Å²) in [4.78, 5) is 29.8. The summed E-state index contributed by atoms with van der Waals surface area (Å²) in [6, 6.07) is 11.5. The van der Waals surface area contributed by atoms with Crippen LogP contribution in [0.25, 0.3) is 11.0 Å². The molecule has 9 heteroatoms. The molecule has 2 aromatic carbocycles. The van der Waals surface area contributed by atoms with E-state index in [-0.39, 0.29) is 5.56 Å². The molecule has 0 aliphatic rings. The number of nitrogens with one attached hydrogen (secondary N) is 1. The molecular weight excluding hydrogens is 455 g/mol. The highest BCUT2D eigenvalue weighted by molar-refractivity contribution is 7.15. The zero-order valence-electron chi connectivity index (χ0n) is 14.5. The minimum absolute atomic E-state index is 0.130. The molecule has 0 fully saturated rings. The lowest BCUT2D eigenvalue weighted by Crippen LogP contribution is -2.20. The number of thiazole rings is 1. The van der Waals surface area contributed by atoms with E-state index in [1.165, 1.54) is 17.4 Å². The van der Waals surface area contributed by atoms with E-state index in [1.807, 2.05) is 0 Å². The summed E-state index contributed by atoms with van der Waals surface area (Å²) in [7, 11) is 0. The lowest BCUT2D eigenvalue weighted by atomic mass is 10.1. The number of fused-ring (bicyclic) bond motifs is 1. The Morgan fingerprint density at radius 2 is 1.83 bits per heavy atom. The van der Waals surface area contributed by atoms with Crippen molar-refractivity contribution in [1.29, 1.82) is 0 Å². The highest BCUT2D eigenvalue weighted by atomic mass is 35.5. The average Bonchev–Trinajstić information content (AvgIpc) is 3.11. The fourth-order valence-corrected chi connectivity index (χ4v) is 4.12. The molecule has 0 aliphatic carbocycles. The SMILES string of the molecule is O=C(Nc1ncc(Cc2cc(Cl)ccc2Cl)s1)c1cc2cc(Cl)ccc2oc1=O. The number of carbonyl (C=O) groups is 1. The molecule has 0 spiro atoms. The first-order valence-electron chi connectivity index (χ1n) is 8.32. The van der Waals surface area contributed by atoms with Crippen molar-refractivity contribution in [3.8, 4) is 0 Å². The van der Waals surface area contributed by atoms with E-state index in [4.69, 9.17) is 39.2 Å². The van der Waals surface area contributed by atoms with Crippen molar-refractivity contribution in [1.82, 2.24) is 4.98 Å². The smallest absolute Gasteiger partial charge is 0.349 e. The van der Waals surface area contributed by atoms with Gasteiger partial charge in [0.25, 0.3) is 5.91 Å². The standard InChI is InChI=1S/C20H11Cl3N2O3S/c21-12-1-3-16(23)10(5-12)7-14-9-24-20(29-14)25-18(26)15-8-11-6-13(22)2-4-17(11)28-19(15)27/h1-6,8-9H,7H2,(H,24,25,26). The number of benzene rings is 2. The maximum Gasteiger partial charge on any atom is 0.349 e. The third-order valence-corrected chi connectivity index (χ3v) is 5.84. The average molecular weight is 466 g/mol. The van der Waals surface area contributed by atoms with Crippen LogP contribution in [-0.2, 0) is 6.42 Å². The van der Waals surface area contributed by atoms with Gasteiger partial charge in [0.15, 0.2) is 5.13 Å². The Balaban J connectivity index is 1.55. The Bertz CT molecular complexity index is 1300. The van der Waals surface area contributed by atoms with Gasteiger partial charge in [0.2, 0.25) is 0 Å². The normalized spacial score (nSPS) is 11.0. The van der Waals surface area contributed by atoms with E-state index in [2.05, 4.69) is 10.3 Å². The van der Waals surface area contributed by atoms with Crippen molar-refractivity contribution in [3.05, 3.63) is 90.2 Å². The summed E-state index contributed by atoms with van der Waals surface area (Å²) in [6.07, 6.45) is 2.16. The minimum Gasteiger partial charge on any atom is -0.422 e. The summed E-state index contributed by atoms with van der Waals surface area (Å²) >= 11 is 19.5. The van der Waals surface area contributed by atoms with Crippen molar-refractivity contribution in [2.24, 2.45) is 0 Å². The van der Waals surface area contributed by atoms with Crippen LogP contribution in [0.5, 0.6) is 0 Å². The molecule has 0 bridgehead atoms. The third-order valence-electron chi connectivity index (χ3n) is 4.09. The van der Waals surface area contributed by atoms with E-state index in [0.29, 0.717) is 37.6 Å². The maximum absolute atomic E-state index is 12.6. The Morgan fingerprint density at radius 3 is 2.66 bits per heavy atom. The molecular formula is C20H11Cl3N2O3S. The highest BCUT2D eigenvalue weighted by Gasteiger charge is 2.16. The summed E-state index contributed by atoms with van der Waals surface area (Å²) in [5.74, 6) is -0.609. The number of aromatic nitrogens is 1. The number of hydrogen-bond donors (Lipinski definition) is 1. The minimum atomic E-state index is -0.736. The highest BCUT2D eigenvalue weighted by Crippen LogP contribution is 2.27. The summed E-state index contributed by atoms with van der Waals surface area (Å²) in [6.45, 7) is 0. The molecule has 1 N–H and O–H groups in total. The fraction of sp³-hybridized carbons (Fsp3) is 0.0500. The van der Waals surface area contributed by atoms with E-state index in [0.717, 1.165) is 10.4 Å². The van der Waals surface area contributed by atoms with Gasteiger partial charge in [-0.1, -0.05) is 34.8 Å². The van der Waals surface area contributed by atoms with Crippen LogP contribution in [0.1, 0.15) is 20.8 Å². The lowest BCUT2D eigenvalue weighted by Gasteiger charge is -2.03. The van der Waals surface area contributed by atoms with Crippen molar-refractivity contribution in [3.63, 3.8) is 0 Å². The molecule has 0 unspecified atom stereocenters. The van der Waals surface area contributed by atoms with Gasteiger partial charge in [-0.25, -0.2) is 9.78 Å². The number of halogens is 3. The van der Waals surface area contributed by atoms with Crippen molar-refractivity contribution < 1.29 is 9.21 Å². The first kappa shape index (κ1) is 19.9. The molecule has 0 aliphatic heterocycles. The van der Waals surface area contributed by atoms with E-state index in [9.17, 15) is 9.59 Å². The van der Waals surface area contributed by atoms with Gasteiger partial charge in [0, 0.05) is 37.9 Å². The van der Waals surface area contributed by atoms with E-state index >= 15 is 0 Å². The predicted molar refractivity (Wildman–Crippen MR) is 117 cm³/mol. The molecule has 0 saturated carbocycles. The molecule has 1 amide bonds. The zero-order chi connectivity index (χ0) is 20.5. The lowest BCUT2D eigenvalue weighted by molar-refractivity contribution is 0.102. The van der Waals surface area contributed by atoms with Crippen LogP contribution in [0, 0.1) is 0 Å². The van der Waals surface area contributed by atoms with Gasteiger partial charge in [-0.05, 0) is 48.0 Å². The van der Waals surface area contributed by atoms with Crippen LogP contribution < -0.4 is 10.9 Å². The second kappa shape index (κ2) is 8.16. The largest absolute Gasteiger partial charge is 0.422 e. The zero-order valence-corrected chi connectivity index (χ0v) is 17.6. The first-order chi connectivity index (χ1) is 13.9. The van der Waals surface area contributed by atoms with Gasteiger partial charge < -0.3 is 4.42 Å². The van der Waals surface area contributed by atoms with Gasteiger partial charge in [0.1, 0.15) is 11.1 Å². The molecule has 2 heterocycles. The van der Waals surface area contributed by atoms with Crippen LogP contribution in [0.2, 0.25) is 15.1 Å². The number of hydrogen-bond acceptors (Lipinski definition) is 5. The van der Waals surface area contributed by atoms with Crippen LogP contribution in [0.15, 0.2) is 57.9 Å². The predicted octanol–water partition coefficient (Wildman–Crippen LogP) is 6.05. The van der Waals surface area contributed by atoms with Gasteiger partial charge in [-0.2, -0.15) is 0 Å². The third kappa shape index (κ3) is 4.46. The van der Waals surface area contributed by atoms with Gasteiger partial charge in [-0.3, -0.25) is 10.1 Å². The van der Waals surface area contributed by atoms with Gasteiger partial charge in [-0.15, -0.1) is 11.3 Å². The molecule has 0 radical (unpaired) electrons. The molecule has 0 saturated heterocycles. The maximum atomic E-state index is 12.6. The molecule has 4 rings (SSSR count). The van der Waals surface area contributed by atoms with Crippen LogP contribution >= 0.6 is 46.1 Å². The first-order valence-corrected chi connectivity index (χ1v) is 10.3. The number of carbonyl (C=O) groups excluding carboxylic acids is 1. The quantitative estimate of drug-likeness (QED) is 0.372. The molecule has 146 valence electrons. The molecule has 29 heavy (non-hydrogen) atoms. The van der Waals surface area contributed by atoms with Crippen LogP contribution in [0.3, 0.4) is 0 Å². The molecule has 4 aromatic rings. The van der Waals surface area contributed by atoms with Crippen LogP contribution in [-0.4, -0.2) is 10.9 Å². The Kier molecular flexibility index (Phi) is 5.61. The van der Waals surface area contributed by atoms with E-state index in [1.54, 1.807) is 42.6 Å². The number of anilines is 1.